The summed E-state index contributed by atoms with van der Waals surface area (Å²) in [7, 11) is 0. The van der Waals surface area contributed by atoms with Gasteiger partial charge in [0.15, 0.2) is 0 Å². The summed E-state index contributed by atoms with van der Waals surface area (Å²) in [5.74, 6) is 0. The van der Waals surface area contributed by atoms with Crippen molar-refractivity contribution in [2.24, 2.45) is 0 Å². The van der Waals surface area contributed by atoms with Crippen molar-refractivity contribution in [1.82, 2.24) is 4.98 Å². The van der Waals surface area contributed by atoms with Gasteiger partial charge in [0.2, 0.25) is 0 Å². The Hall–Kier alpha value is -0.591. The van der Waals surface area contributed by atoms with Crippen LogP contribution in [-0.4, -0.2) is 19.5 Å². The molecule has 1 aromatic carbocycles. The monoisotopic (exact) mass is 211 g/mol. The quantitative estimate of drug-likeness (QED) is 0.605. The fraction of sp³-hybridized carbons (Fsp3) is 0.222. The van der Waals surface area contributed by atoms with Crippen LogP contribution in [0.3, 0.4) is 0 Å². The summed E-state index contributed by atoms with van der Waals surface area (Å²) in [6.07, 6.45) is 0. The molecule has 1 heterocycles. The van der Waals surface area contributed by atoms with Crippen LogP contribution >= 0.6 is 0 Å². The van der Waals surface area contributed by atoms with Gasteiger partial charge in [-0.3, -0.25) is 0 Å². The summed E-state index contributed by atoms with van der Waals surface area (Å²) in [6, 6.07) is 6.48. The minimum atomic E-state index is 0.501. The van der Waals surface area contributed by atoms with E-state index in [4.69, 9.17) is 0 Å². The summed E-state index contributed by atoms with van der Waals surface area (Å²) in [4.78, 5) is 4.44. The zero-order valence-corrected chi connectivity index (χ0v) is 8.30. The first kappa shape index (κ1) is 7.08. The number of fused-ring (bicyclic) bond motifs is 1. The van der Waals surface area contributed by atoms with Crippen LogP contribution in [-0.2, 0) is 0 Å². The van der Waals surface area contributed by atoms with Gasteiger partial charge in [-0.15, -0.1) is 0 Å². The summed E-state index contributed by atoms with van der Waals surface area (Å²) in [5, 5.41) is 0. The third kappa shape index (κ3) is 1.24. The van der Waals surface area contributed by atoms with Gasteiger partial charge < -0.3 is 0 Å². The Morgan fingerprint density at radius 3 is 2.91 bits per heavy atom. The summed E-state index contributed by atoms with van der Waals surface area (Å²) < 4.78 is 2.73. The maximum atomic E-state index is 4.44. The van der Waals surface area contributed by atoms with Gasteiger partial charge in [-0.2, -0.15) is 0 Å². The van der Waals surface area contributed by atoms with E-state index < -0.39 is 0 Å². The van der Waals surface area contributed by atoms with Gasteiger partial charge in [-0.1, -0.05) is 0 Å². The van der Waals surface area contributed by atoms with E-state index in [0.717, 1.165) is 0 Å². The van der Waals surface area contributed by atoms with Gasteiger partial charge in [0, 0.05) is 0 Å². The van der Waals surface area contributed by atoms with Crippen LogP contribution in [0, 0.1) is 13.8 Å². The number of hydrogen-bond acceptors (Lipinski definition) is 1. The molecule has 1 aromatic heterocycles. The molecule has 0 N–H and O–H groups in total. The van der Waals surface area contributed by atoms with Gasteiger partial charge in [0.1, 0.15) is 0 Å². The predicted octanol–water partition coefficient (Wildman–Crippen LogP) is 1.91. The maximum absolute atomic E-state index is 4.44. The van der Waals surface area contributed by atoms with Crippen LogP contribution in [0.5, 0.6) is 0 Å². The molecule has 1 nitrogen and oxygen atoms in total. The fourth-order valence-electron chi connectivity index (χ4n) is 1.15. The molecule has 2 heteroatoms. The summed E-state index contributed by atoms with van der Waals surface area (Å²) in [6.45, 7) is 4.24. The standard InChI is InChI=1S/C9H9NSe/c1-6-3-4-8-9(5-6)11-7(2)10-8/h3-5H,1-2H3. The van der Waals surface area contributed by atoms with E-state index in [-0.39, 0.29) is 0 Å². The van der Waals surface area contributed by atoms with Crippen LogP contribution < -0.4 is 0 Å². The average molecular weight is 210 g/mol. The number of nitrogens with zero attached hydrogens (tertiary/aromatic N) is 1. The molecule has 0 amide bonds. The molecule has 0 aliphatic heterocycles. The fourth-order valence-corrected chi connectivity index (χ4v) is 3.09. The van der Waals surface area contributed by atoms with Crippen molar-refractivity contribution < 1.29 is 0 Å². The van der Waals surface area contributed by atoms with Gasteiger partial charge in [0.25, 0.3) is 0 Å². The number of benzene rings is 1. The molecular formula is C9H9NSe. The molecule has 0 fully saturated rings. The van der Waals surface area contributed by atoms with E-state index >= 15 is 0 Å². The molecule has 0 radical (unpaired) electrons. The Balaban J connectivity index is 2.82. The van der Waals surface area contributed by atoms with Crippen LogP contribution in [0.4, 0.5) is 0 Å². The number of hydrogen-bond donors (Lipinski definition) is 0. The van der Waals surface area contributed by atoms with Gasteiger partial charge in [-0.05, 0) is 0 Å². The van der Waals surface area contributed by atoms with Gasteiger partial charge in [-0.25, -0.2) is 0 Å². The topological polar surface area (TPSA) is 12.9 Å². The summed E-state index contributed by atoms with van der Waals surface area (Å²) >= 11 is 0.501. The first-order valence-electron chi connectivity index (χ1n) is 3.59. The molecule has 56 valence electrons. The van der Waals surface area contributed by atoms with E-state index in [1.54, 1.807) is 0 Å². The first-order chi connectivity index (χ1) is 5.25. The van der Waals surface area contributed by atoms with E-state index in [1.807, 2.05) is 0 Å². The second-order valence-corrected chi connectivity index (χ2v) is 5.29. The van der Waals surface area contributed by atoms with Crippen LogP contribution in [0.15, 0.2) is 18.2 Å². The molecule has 11 heavy (non-hydrogen) atoms. The van der Waals surface area contributed by atoms with E-state index in [1.165, 1.54) is 19.9 Å². The Labute approximate surface area is 71.8 Å². The molecule has 0 atom stereocenters. The van der Waals surface area contributed by atoms with E-state index in [2.05, 4.69) is 37.0 Å². The molecule has 2 rings (SSSR count). The molecule has 0 aliphatic carbocycles. The van der Waals surface area contributed by atoms with E-state index in [0.29, 0.717) is 14.5 Å². The normalized spacial score (nSPS) is 10.7. The SMILES string of the molecule is Cc1ccc2nc(C)[se]c2c1. The Morgan fingerprint density at radius 1 is 1.27 bits per heavy atom. The molecule has 0 spiro atoms. The zero-order valence-electron chi connectivity index (χ0n) is 6.59. The number of aromatic nitrogens is 1. The van der Waals surface area contributed by atoms with Crippen molar-refractivity contribution in [3.8, 4) is 0 Å². The van der Waals surface area contributed by atoms with Crippen molar-refractivity contribution in [3.63, 3.8) is 0 Å². The van der Waals surface area contributed by atoms with Crippen LogP contribution in [0.1, 0.15) is 10.1 Å². The van der Waals surface area contributed by atoms with Crippen molar-refractivity contribution in [2.45, 2.75) is 13.8 Å². The number of rotatable bonds is 0. The Bertz CT molecular complexity index is 389. The van der Waals surface area contributed by atoms with Crippen molar-refractivity contribution in [1.29, 1.82) is 0 Å². The zero-order chi connectivity index (χ0) is 7.84. The third-order valence-corrected chi connectivity index (χ3v) is 3.61. The van der Waals surface area contributed by atoms with Crippen LogP contribution in [0.25, 0.3) is 9.78 Å². The van der Waals surface area contributed by atoms with Crippen molar-refractivity contribution in [2.75, 3.05) is 0 Å². The molecule has 0 unspecified atom stereocenters. The molecule has 0 saturated heterocycles. The van der Waals surface area contributed by atoms with Crippen molar-refractivity contribution in [3.05, 3.63) is 28.3 Å². The average Bonchev–Trinajstić information content (AvgIpc) is 2.27. The van der Waals surface area contributed by atoms with Gasteiger partial charge >= 0.3 is 71.4 Å². The van der Waals surface area contributed by atoms with Crippen LogP contribution in [0.2, 0.25) is 0 Å². The number of aryl methyl sites for hydroxylation is 2. The summed E-state index contributed by atoms with van der Waals surface area (Å²) in [5.41, 5.74) is 2.53. The van der Waals surface area contributed by atoms with Gasteiger partial charge in [0.05, 0.1) is 0 Å². The molecule has 2 aromatic rings. The Morgan fingerprint density at radius 2 is 2.09 bits per heavy atom. The first-order valence-corrected chi connectivity index (χ1v) is 5.31. The third-order valence-electron chi connectivity index (χ3n) is 1.65. The van der Waals surface area contributed by atoms with E-state index in [9.17, 15) is 0 Å². The second kappa shape index (κ2) is 2.47. The Kier molecular flexibility index (Phi) is 1.59. The van der Waals surface area contributed by atoms with Crippen molar-refractivity contribution >= 4 is 24.3 Å². The molecular weight excluding hydrogens is 201 g/mol. The predicted molar refractivity (Wildman–Crippen MR) is 48.2 cm³/mol. The molecule has 0 aliphatic rings. The second-order valence-electron chi connectivity index (χ2n) is 2.70. The minimum absolute atomic E-state index is 0.501. The molecule has 0 saturated carbocycles. The molecule has 0 bridgehead atoms.